The molecule has 50 heavy (non-hydrogen) atoms. The number of ether oxygens (including phenoxy) is 6. The standard InChI is InChI=1S/C44H48O6/c1-45-29-17-28-41(47-31-37-20-9-3-10-21-37)43(49-33-39-24-13-5-14-25-39)44(50-34-40-26-15-6-16-27-40)42(48-32-38-22-11-4-12-23-38)35-46-30-36-18-7-2-8-19-36/h2-28,41-44H,29-35H2,1H3/b28-17+/t41-,42+,43+,44-/m0/s1. The highest BCUT2D eigenvalue weighted by molar-refractivity contribution is 5.17. The van der Waals surface area contributed by atoms with Crippen molar-refractivity contribution in [2.75, 3.05) is 20.3 Å². The van der Waals surface area contributed by atoms with E-state index in [2.05, 4.69) is 60.7 Å². The third-order valence-corrected chi connectivity index (χ3v) is 8.16. The smallest absolute Gasteiger partial charge is 0.116 e. The molecule has 0 bridgehead atoms. The first-order chi connectivity index (χ1) is 24.8. The van der Waals surface area contributed by atoms with Gasteiger partial charge in [0.15, 0.2) is 0 Å². The maximum absolute atomic E-state index is 6.90. The Morgan fingerprint density at radius 3 is 1.26 bits per heavy atom. The summed E-state index contributed by atoms with van der Waals surface area (Å²) in [6.45, 7) is 2.63. The summed E-state index contributed by atoms with van der Waals surface area (Å²) in [7, 11) is 1.68. The molecule has 0 fully saturated rings. The Morgan fingerprint density at radius 2 is 0.820 bits per heavy atom. The second kappa shape index (κ2) is 21.6. The van der Waals surface area contributed by atoms with Gasteiger partial charge in [0, 0.05) is 7.11 Å². The van der Waals surface area contributed by atoms with E-state index in [0.29, 0.717) is 39.6 Å². The molecule has 4 atom stereocenters. The Hall–Kier alpha value is -4.40. The predicted molar refractivity (Wildman–Crippen MR) is 197 cm³/mol. The van der Waals surface area contributed by atoms with Crippen LogP contribution in [0.25, 0.3) is 0 Å². The zero-order chi connectivity index (χ0) is 34.5. The van der Waals surface area contributed by atoms with Crippen LogP contribution in [0.4, 0.5) is 0 Å². The fourth-order valence-corrected chi connectivity index (χ4v) is 5.52. The minimum atomic E-state index is -0.591. The van der Waals surface area contributed by atoms with Crippen LogP contribution in [0.2, 0.25) is 0 Å². The summed E-state index contributed by atoms with van der Waals surface area (Å²) >= 11 is 0. The topological polar surface area (TPSA) is 55.4 Å². The van der Waals surface area contributed by atoms with E-state index in [-0.39, 0.29) is 6.61 Å². The average molecular weight is 673 g/mol. The van der Waals surface area contributed by atoms with Crippen LogP contribution in [-0.4, -0.2) is 44.7 Å². The van der Waals surface area contributed by atoms with Gasteiger partial charge in [-0.2, -0.15) is 0 Å². The van der Waals surface area contributed by atoms with Crippen LogP contribution in [0.3, 0.4) is 0 Å². The number of hydrogen-bond acceptors (Lipinski definition) is 6. The molecular formula is C44H48O6. The summed E-state index contributed by atoms with van der Waals surface area (Å²) in [5.74, 6) is 0. The van der Waals surface area contributed by atoms with Gasteiger partial charge in [-0.3, -0.25) is 0 Å². The number of hydrogen-bond donors (Lipinski definition) is 0. The first-order valence-electron chi connectivity index (χ1n) is 17.2. The minimum absolute atomic E-state index is 0.277. The normalized spacial score (nSPS) is 13.9. The van der Waals surface area contributed by atoms with E-state index in [4.69, 9.17) is 28.4 Å². The van der Waals surface area contributed by atoms with Gasteiger partial charge in [-0.05, 0) is 27.8 Å². The zero-order valence-electron chi connectivity index (χ0n) is 28.8. The monoisotopic (exact) mass is 672 g/mol. The van der Waals surface area contributed by atoms with Gasteiger partial charge >= 0.3 is 0 Å². The molecule has 6 nitrogen and oxygen atoms in total. The molecule has 0 aliphatic heterocycles. The molecule has 0 unspecified atom stereocenters. The van der Waals surface area contributed by atoms with Crippen LogP contribution < -0.4 is 0 Å². The van der Waals surface area contributed by atoms with Gasteiger partial charge < -0.3 is 28.4 Å². The van der Waals surface area contributed by atoms with Crippen LogP contribution in [0.1, 0.15) is 27.8 Å². The maximum Gasteiger partial charge on any atom is 0.116 e. The summed E-state index contributed by atoms with van der Waals surface area (Å²) in [5.41, 5.74) is 5.29. The number of methoxy groups -OCH3 is 1. The van der Waals surface area contributed by atoms with Crippen molar-refractivity contribution in [3.05, 3.63) is 192 Å². The van der Waals surface area contributed by atoms with Gasteiger partial charge in [0.25, 0.3) is 0 Å². The Morgan fingerprint density at radius 1 is 0.440 bits per heavy atom. The van der Waals surface area contributed by atoms with Crippen LogP contribution in [0, 0.1) is 0 Å². The predicted octanol–water partition coefficient (Wildman–Crippen LogP) is 8.75. The molecule has 0 heterocycles. The highest BCUT2D eigenvalue weighted by Crippen LogP contribution is 2.25. The third kappa shape index (κ3) is 12.8. The van der Waals surface area contributed by atoms with Crippen LogP contribution >= 0.6 is 0 Å². The van der Waals surface area contributed by atoms with Crippen molar-refractivity contribution in [3.8, 4) is 0 Å². The van der Waals surface area contributed by atoms with E-state index in [0.717, 1.165) is 27.8 Å². The fourth-order valence-electron chi connectivity index (χ4n) is 5.52. The van der Waals surface area contributed by atoms with Gasteiger partial charge in [-0.1, -0.05) is 164 Å². The molecule has 0 aliphatic carbocycles. The molecule has 0 aromatic heterocycles. The summed E-state index contributed by atoms with van der Waals surface area (Å²) in [5, 5.41) is 0. The molecule has 0 N–H and O–H groups in total. The number of benzene rings is 5. The highest BCUT2D eigenvalue weighted by Gasteiger charge is 2.38. The lowest BCUT2D eigenvalue weighted by atomic mass is 10.0. The van der Waals surface area contributed by atoms with E-state index >= 15 is 0 Å². The van der Waals surface area contributed by atoms with Crippen molar-refractivity contribution in [2.45, 2.75) is 57.5 Å². The first kappa shape index (κ1) is 36.9. The van der Waals surface area contributed by atoms with Crippen molar-refractivity contribution in [1.29, 1.82) is 0 Å². The molecule has 5 aromatic rings. The summed E-state index contributed by atoms with van der Waals surface area (Å²) in [6.07, 6.45) is 1.78. The Bertz CT molecular complexity index is 1600. The second-order valence-corrected chi connectivity index (χ2v) is 12.0. The lowest BCUT2D eigenvalue weighted by Gasteiger charge is -2.37. The van der Waals surface area contributed by atoms with E-state index < -0.39 is 24.4 Å². The maximum atomic E-state index is 6.90. The molecular weight excluding hydrogens is 624 g/mol. The first-order valence-corrected chi connectivity index (χ1v) is 17.2. The van der Waals surface area contributed by atoms with E-state index in [9.17, 15) is 0 Å². The van der Waals surface area contributed by atoms with Crippen molar-refractivity contribution >= 4 is 0 Å². The van der Waals surface area contributed by atoms with Crippen molar-refractivity contribution < 1.29 is 28.4 Å². The van der Waals surface area contributed by atoms with Crippen molar-refractivity contribution in [1.82, 2.24) is 0 Å². The van der Waals surface area contributed by atoms with Gasteiger partial charge in [-0.25, -0.2) is 0 Å². The second-order valence-electron chi connectivity index (χ2n) is 12.0. The molecule has 0 spiro atoms. The van der Waals surface area contributed by atoms with Crippen LogP contribution in [0.15, 0.2) is 164 Å². The molecule has 260 valence electrons. The van der Waals surface area contributed by atoms with Gasteiger partial charge in [-0.15, -0.1) is 0 Å². The van der Waals surface area contributed by atoms with Gasteiger partial charge in [0.2, 0.25) is 0 Å². The summed E-state index contributed by atoms with van der Waals surface area (Å²) in [6, 6.07) is 50.8. The lowest BCUT2D eigenvalue weighted by Crippen LogP contribution is -2.50. The van der Waals surface area contributed by atoms with E-state index in [1.807, 2.05) is 103 Å². The van der Waals surface area contributed by atoms with Crippen LogP contribution in [-0.2, 0) is 61.5 Å². The Balaban J connectivity index is 1.50. The molecule has 0 aliphatic rings. The summed E-state index contributed by atoms with van der Waals surface area (Å²) < 4.78 is 39.0. The van der Waals surface area contributed by atoms with Crippen molar-refractivity contribution in [2.24, 2.45) is 0 Å². The van der Waals surface area contributed by atoms with E-state index in [1.54, 1.807) is 7.11 Å². The Kier molecular flexibility index (Phi) is 16.0. The molecule has 5 aromatic carbocycles. The molecule has 5 rings (SSSR count). The number of rotatable bonds is 22. The third-order valence-electron chi connectivity index (χ3n) is 8.16. The quantitative estimate of drug-likeness (QED) is 0.0686. The fraction of sp³-hybridized carbons (Fsp3) is 0.273. The van der Waals surface area contributed by atoms with E-state index in [1.165, 1.54) is 0 Å². The summed E-state index contributed by atoms with van der Waals surface area (Å²) in [4.78, 5) is 0. The Labute approximate surface area is 297 Å². The SMILES string of the molecule is COC/C=C/[C@H](OCc1ccccc1)[C@@H](OCc1ccccc1)[C@@H](OCc1ccccc1)[C@@H](COCc1ccccc1)OCc1ccccc1. The molecule has 0 saturated heterocycles. The molecule has 0 saturated carbocycles. The molecule has 0 amide bonds. The van der Waals surface area contributed by atoms with Crippen molar-refractivity contribution in [3.63, 3.8) is 0 Å². The zero-order valence-corrected chi connectivity index (χ0v) is 28.8. The van der Waals surface area contributed by atoms with Crippen LogP contribution in [0.5, 0.6) is 0 Å². The molecule has 0 radical (unpaired) electrons. The van der Waals surface area contributed by atoms with Gasteiger partial charge in [0.05, 0.1) is 46.2 Å². The van der Waals surface area contributed by atoms with Gasteiger partial charge in [0.1, 0.15) is 24.4 Å². The lowest BCUT2D eigenvalue weighted by molar-refractivity contribution is -0.192. The highest BCUT2D eigenvalue weighted by atomic mass is 16.6. The largest absolute Gasteiger partial charge is 0.381 e. The minimum Gasteiger partial charge on any atom is -0.381 e. The molecule has 6 heteroatoms. The average Bonchev–Trinajstić information content (AvgIpc) is 3.18.